The highest BCUT2D eigenvalue weighted by Gasteiger charge is 2.24. The SMILES string of the molecule is CC(=O)c1cc(Cl)c(C2CCN(C)CC2)o1. The van der Waals surface area contributed by atoms with Crippen LogP contribution in [0, 0.1) is 0 Å². The van der Waals surface area contributed by atoms with Crippen molar-refractivity contribution in [2.24, 2.45) is 0 Å². The van der Waals surface area contributed by atoms with E-state index in [2.05, 4.69) is 11.9 Å². The van der Waals surface area contributed by atoms with Gasteiger partial charge in [-0.2, -0.15) is 0 Å². The van der Waals surface area contributed by atoms with E-state index in [-0.39, 0.29) is 5.78 Å². The predicted octanol–water partition coefficient (Wildman–Crippen LogP) is 2.94. The number of likely N-dealkylation sites (tertiary alicyclic amines) is 1. The van der Waals surface area contributed by atoms with Gasteiger partial charge in [0.25, 0.3) is 0 Å². The van der Waals surface area contributed by atoms with Crippen LogP contribution in [0.15, 0.2) is 10.5 Å². The first-order valence-corrected chi connectivity index (χ1v) is 5.94. The van der Waals surface area contributed by atoms with Gasteiger partial charge in [0, 0.05) is 18.9 Å². The molecule has 1 fully saturated rings. The number of ketones is 1. The molecule has 0 radical (unpaired) electrons. The minimum atomic E-state index is -0.0684. The van der Waals surface area contributed by atoms with E-state index in [0.29, 0.717) is 16.7 Å². The van der Waals surface area contributed by atoms with Crippen LogP contribution in [0.5, 0.6) is 0 Å². The third kappa shape index (κ3) is 2.30. The van der Waals surface area contributed by atoms with Crippen LogP contribution in [-0.4, -0.2) is 30.8 Å². The molecule has 0 aliphatic carbocycles. The first-order valence-electron chi connectivity index (χ1n) is 5.56. The molecule has 16 heavy (non-hydrogen) atoms. The maximum atomic E-state index is 11.2. The second-order valence-electron chi connectivity index (χ2n) is 4.46. The number of furan rings is 1. The smallest absolute Gasteiger partial charge is 0.194 e. The molecule has 0 aromatic carbocycles. The number of piperidine rings is 1. The molecular weight excluding hydrogens is 226 g/mol. The fourth-order valence-electron chi connectivity index (χ4n) is 2.11. The Kier molecular flexibility index (Phi) is 3.36. The van der Waals surface area contributed by atoms with Crippen LogP contribution < -0.4 is 0 Å². The van der Waals surface area contributed by atoms with Crippen molar-refractivity contribution in [3.8, 4) is 0 Å². The Morgan fingerprint density at radius 2 is 2.12 bits per heavy atom. The predicted molar refractivity (Wildman–Crippen MR) is 63.2 cm³/mol. The van der Waals surface area contributed by atoms with E-state index >= 15 is 0 Å². The van der Waals surface area contributed by atoms with Gasteiger partial charge < -0.3 is 9.32 Å². The van der Waals surface area contributed by atoms with Gasteiger partial charge >= 0.3 is 0 Å². The highest BCUT2D eigenvalue weighted by Crippen LogP contribution is 2.34. The average molecular weight is 242 g/mol. The van der Waals surface area contributed by atoms with Gasteiger partial charge in [-0.05, 0) is 33.0 Å². The van der Waals surface area contributed by atoms with Crippen LogP contribution in [0.25, 0.3) is 0 Å². The lowest BCUT2D eigenvalue weighted by atomic mass is 9.95. The summed E-state index contributed by atoms with van der Waals surface area (Å²) < 4.78 is 5.55. The molecule has 1 aliphatic rings. The monoisotopic (exact) mass is 241 g/mol. The number of hydrogen-bond donors (Lipinski definition) is 0. The number of hydrogen-bond acceptors (Lipinski definition) is 3. The zero-order valence-electron chi connectivity index (χ0n) is 9.62. The number of halogens is 1. The zero-order chi connectivity index (χ0) is 11.7. The Labute approximate surface area is 100 Å². The second kappa shape index (κ2) is 4.60. The maximum absolute atomic E-state index is 11.2. The summed E-state index contributed by atoms with van der Waals surface area (Å²) in [5, 5.41) is 0.597. The summed E-state index contributed by atoms with van der Waals surface area (Å²) in [6, 6.07) is 1.64. The summed E-state index contributed by atoms with van der Waals surface area (Å²) in [7, 11) is 2.11. The van der Waals surface area contributed by atoms with Gasteiger partial charge in [0.15, 0.2) is 11.5 Å². The van der Waals surface area contributed by atoms with Crippen molar-refractivity contribution >= 4 is 17.4 Å². The van der Waals surface area contributed by atoms with E-state index in [0.717, 1.165) is 31.7 Å². The summed E-state index contributed by atoms with van der Waals surface area (Å²) in [5.74, 6) is 1.46. The molecule has 1 aliphatic heterocycles. The molecule has 2 rings (SSSR count). The van der Waals surface area contributed by atoms with Crippen LogP contribution in [0.4, 0.5) is 0 Å². The van der Waals surface area contributed by atoms with Crippen molar-refractivity contribution in [3.05, 3.63) is 22.6 Å². The number of carbonyl (C=O) groups is 1. The van der Waals surface area contributed by atoms with Crippen LogP contribution in [0.1, 0.15) is 42.0 Å². The lowest BCUT2D eigenvalue weighted by Crippen LogP contribution is -2.29. The van der Waals surface area contributed by atoms with E-state index in [1.54, 1.807) is 6.07 Å². The summed E-state index contributed by atoms with van der Waals surface area (Å²) in [6.07, 6.45) is 2.09. The normalized spacial score (nSPS) is 18.9. The number of Topliss-reactive ketones (excluding diaryl/α,β-unsaturated/α-hetero) is 1. The highest BCUT2D eigenvalue weighted by molar-refractivity contribution is 6.31. The van der Waals surface area contributed by atoms with E-state index in [9.17, 15) is 4.79 Å². The first kappa shape index (κ1) is 11.7. The standard InChI is InChI=1S/C12H16ClNO2/c1-8(15)11-7-10(13)12(16-11)9-3-5-14(2)6-4-9/h7,9H,3-6H2,1-2H3. The van der Waals surface area contributed by atoms with Crippen LogP contribution >= 0.6 is 11.6 Å². The van der Waals surface area contributed by atoms with Gasteiger partial charge in [-0.3, -0.25) is 4.79 Å². The van der Waals surface area contributed by atoms with Crippen molar-refractivity contribution in [2.45, 2.75) is 25.7 Å². The first-order chi connectivity index (χ1) is 7.58. The quantitative estimate of drug-likeness (QED) is 0.747. The Morgan fingerprint density at radius 1 is 1.50 bits per heavy atom. The van der Waals surface area contributed by atoms with Crippen LogP contribution in [0.2, 0.25) is 5.02 Å². The van der Waals surface area contributed by atoms with Crippen LogP contribution in [-0.2, 0) is 0 Å². The maximum Gasteiger partial charge on any atom is 0.194 e. The van der Waals surface area contributed by atoms with Gasteiger partial charge in [0.05, 0.1) is 5.02 Å². The Hall–Kier alpha value is -0.800. The number of carbonyl (C=O) groups excluding carboxylic acids is 1. The third-order valence-corrected chi connectivity index (χ3v) is 3.44. The molecule has 0 unspecified atom stereocenters. The van der Waals surface area contributed by atoms with Crippen molar-refractivity contribution in [1.29, 1.82) is 0 Å². The van der Waals surface area contributed by atoms with Crippen LogP contribution in [0.3, 0.4) is 0 Å². The molecule has 3 nitrogen and oxygen atoms in total. The molecule has 4 heteroatoms. The lowest BCUT2D eigenvalue weighted by Gasteiger charge is -2.27. The fraction of sp³-hybridized carbons (Fsp3) is 0.583. The van der Waals surface area contributed by atoms with E-state index in [1.807, 2.05) is 0 Å². The van der Waals surface area contributed by atoms with E-state index in [1.165, 1.54) is 6.92 Å². The van der Waals surface area contributed by atoms with E-state index < -0.39 is 0 Å². The second-order valence-corrected chi connectivity index (χ2v) is 4.86. The van der Waals surface area contributed by atoms with Crippen molar-refractivity contribution in [1.82, 2.24) is 4.90 Å². The zero-order valence-corrected chi connectivity index (χ0v) is 10.4. The Balaban J connectivity index is 2.17. The fourth-order valence-corrected chi connectivity index (χ4v) is 2.40. The third-order valence-electron chi connectivity index (χ3n) is 3.15. The highest BCUT2D eigenvalue weighted by atomic mass is 35.5. The molecular formula is C12H16ClNO2. The Bertz CT molecular complexity index is 392. The number of nitrogens with zero attached hydrogens (tertiary/aromatic N) is 1. The summed E-state index contributed by atoms with van der Waals surface area (Å²) in [4.78, 5) is 13.5. The topological polar surface area (TPSA) is 33.5 Å². The molecule has 0 amide bonds. The van der Waals surface area contributed by atoms with Crippen molar-refractivity contribution < 1.29 is 9.21 Å². The molecule has 0 atom stereocenters. The lowest BCUT2D eigenvalue weighted by molar-refractivity contribution is 0.0983. The number of rotatable bonds is 2. The Morgan fingerprint density at radius 3 is 2.62 bits per heavy atom. The van der Waals surface area contributed by atoms with E-state index in [4.69, 9.17) is 16.0 Å². The molecule has 2 heterocycles. The molecule has 0 N–H and O–H groups in total. The minimum absolute atomic E-state index is 0.0684. The molecule has 1 aromatic rings. The molecule has 88 valence electrons. The van der Waals surface area contributed by atoms with Gasteiger partial charge in [-0.25, -0.2) is 0 Å². The van der Waals surface area contributed by atoms with Gasteiger partial charge in [0.1, 0.15) is 5.76 Å². The average Bonchev–Trinajstić information content (AvgIpc) is 2.62. The molecule has 0 bridgehead atoms. The molecule has 0 saturated carbocycles. The summed E-state index contributed by atoms with van der Waals surface area (Å²) in [6.45, 7) is 3.60. The van der Waals surface area contributed by atoms with Gasteiger partial charge in [0.2, 0.25) is 0 Å². The molecule has 1 saturated heterocycles. The van der Waals surface area contributed by atoms with Crippen molar-refractivity contribution in [3.63, 3.8) is 0 Å². The molecule has 0 spiro atoms. The summed E-state index contributed by atoms with van der Waals surface area (Å²) in [5.41, 5.74) is 0. The van der Waals surface area contributed by atoms with Crippen molar-refractivity contribution in [2.75, 3.05) is 20.1 Å². The largest absolute Gasteiger partial charge is 0.456 e. The molecule has 1 aromatic heterocycles. The van der Waals surface area contributed by atoms with Gasteiger partial charge in [-0.15, -0.1) is 0 Å². The minimum Gasteiger partial charge on any atom is -0.456 e. The summed E-state index contributed by atoms with van der Waals surface area (Å²) >= 11 is 6.10. The van der Waals surface area contributed by atoms with Gasteiger partial charge in [-0.1, -0.05) is 11.6 Å².